The molecule has 1 aromatic carbocycles. The molecule has 81 valence electrons. The summed E-state index contributed by atoms with van der Waals surface area (Å²) >= 11 is 0. The van der Waals surface area contributed by atoms with Gasteiger partial charge in [-0.25, -0.2) is 0 Å². The predicted octanol–water partition coefficient (Wildman–Crippen LogP) is 0.889. The van der Waals surface area contributed by atoms with Crippen LogP contribution in [0.3, 0.4) is 0 Å². The van der Waals surface area contributed by atoms with Crippen LogP contribution in [-0.2, 0) is 4.79 Å². The number of carboxylic acid groups (broad SMARTS) is 1. The molecule has 0 unspecified atom stereocenters. The van der Waals surface area contributed by atoms with Gasteiger partial charge in [-0.1, -0.05) is 18.2 Å². The molecule has 0 saturated carbocycles. The molecule has 1 radical (unpaired) electrons. The number of phenolic OH excluding ortho intramolecular Hbond substituents is 1. The molecule has 0 aliphatic carbocycles. The van der Waals surface area contributed by atoms with Gasteiger partial charge in [0.15, 0.2) is 0 Å². The van der Waals surface area contributed by atoms with E-state index in [1.807, 2.05) is 12.1 Å². The van der Waals surface area contributed by atoms with Gasteiger partial charge < -0.3 is 10.2 Å². The van der Waals surface area contributed by atoms with Crippen LogP contribution in [0.4, 0.5) is 0 Å². The Morgan fingerprint density at radius 3 is 2.56 bits per heavy atom. The second-order valence-electron chi connectivity index (χ2n) is 3.75. The van der Waals surface area contributed by atoms with Gasteiger partial charge in [-0.05, 0) is 18.9 Å². The van der Waals surface area contributed by atoms with Crippen molar-refractivity contribution in [2.45, 2.75) is 24.9 Å². The first-order chi connectivity index (χ1) is 7.18. The molecular weight excluding hydrogens is 217 g/mol. The van der Waals surface area contributed by atoms with Crippen molar-refractivity contribution in [3.8, 4) is 5.75 Å². The third-order valence-corrected chi connectivity index (χ3v) is 2.76. The molecular formula is C11H13NNaO3. The Morgan fingerprint density at radius 1 is 1.31 bits per heavy atom. The Kier molecular flexibility index (Phi) is 4.80. The molecule has 1 fully saturated rings. The Hall–Kier alpha value is -0.550. The van der Waals surface area contributed by atoms with Crippen LogP contribution < -0.4 is 5.32 Å². The number of hydrogen-bond donors (Lipinski definition) is 3. The quantitative estimate of drug-likeness (QED) is 0.660. The monoisotopic (exact) mass is 230 g/mol. The third-order valence-electron chi connectivity index (χ3n) is 2.76. The van der Waals surface area contributed by atoms with Crippen LogP contribution in [0, 0.1) is 0 Å². The normalized spacial score (nSPS) is 23.8. The fraction of sp³-hybridized carbons (Fsp3) is 0.364. The van der Waals surface area contributed by atoms with Crippen molar-refractivity contribution in [2.24, 2.45) is 0 Å². The van der Waals surface area contributed by atoms with Gasteiger partial charge in [-0.15, -0.1) is 0 Å². The molecule has 1 aliphatic heterocycles. The fourth-order valence-electron chi connectivity index (χ4n) is 1.97. The van der Waals surface area contributed by atoms with Gasteiger partial charge >= 0.3 is 5.97 Å². The van der Waals surface area contributed by atoms with Gasteiger partial charge in [-0.2, -0.15) is 0 Å². The molecule has 1 aliphatic rings. The van der Waals surface area contributed by atoms with Gasteiger partial charge in [0.05, 0.1) is 0 Å². The summed E-state index contributed by atoms with van der Waals surface area (Å²) in [6, 6.07) is 6.48. The molecule has 5 heteroatoms. The van der Waals surface area contributed by atoms with E-state index in [1.165, 1.54) is 0 Å². The smallest absolute Gasteiger partial charge is 0.320 e. The maximum atomic E-state index is 10.7. The Labute approximate surface area is 116 Å². The molecule has 0 amide bonds. The molecule has 2 atom stereocenters. The Morgan fingerprint density at radius 2 is 2.00 bits per heavy atom. The van der Waals surface area contributed by atoms with Gasteiger partial charge in [0, 0.05) is 41.2 Å². The zero-order valence-corrected chi connectivity index (χ0v) is 11.2. The summed E-state index contributed by atoms with van der Waals surface area (Å²) in [6.45, 7) is 0. The minimum Gasteiger partial charge on any atom is -0.508 e. The number of nitrogens with one attached hydrogen (secondary N) is 1. The van der Waals surface area contributed by atoms with Crippen molar-refractivity contribution < 1.29 is 15.0 Å². The maximum absolute atomic E-state index is 10.7. The third kappa shape index (κ3) is 2.77. The van der Waals surface area contributed by atoms with Crippen LogP contribution in [0.2, 0.25) is 0 Å². The van der Waals surface area contributed by atoms with E-state index in [0.717, 1.165) is 12.0 Å². The molecule has 0 spiro atoms. The number of benzene rings is 1. The average molecular weight is 230 g/mol. The van der Waals surface area contributed by atoms with Crippen molar-refractivity contribution in [3.05, 3.63) is 29.8 Å². The van der Waals surface area contributed by atoms with Crippen molar-refractivity contribution in [2.75, 3.05) is 0 Å². The number of para-hydroxylation sites is 1. The Balaban J connectivity index is 0.00000128. The minimum absolute atomic E-state index is 0. The second kappa shape index (κ2) is 5.68. The molecule has 2 rings (SSSR count). The van der Waals surface area contributed by atoms with E-state index in [1.54, 1.807) is 12.1 Å². The summed E-state index contributed by atoms with van der Waals surface area (Å²) in [6.07, 6.45) is 1.35. The first-order valence-corrected chi connectivity index (χ1v) is 4.95. The first kappa shape index (κ1) is 13.5. The molecule has 4 nitrogen and oxygen atoms in total. The van der Waals surface area contributed by atoms with Crippen LogP contribution in [0.15, 0.2) is 24.3 Å². The van der Waals surface area contributed by atoms with Gasteiger partial charge in [0.25, 0.3) is 0 Å². The van der Waals surface area contributed by atoms with Crippen LogP contribution in [-0.4, -0.2) is 51.8 Å². The minimum atomic E-state index is -0.826. The zero-order valence-electron chi connectivity index (χ0n) is 9.18. The van der Waals surface area contributed by atoms with E-state index in [9.17, 15) is 9.90 Å². The summed E-state index contributed by atoms with van der Waals surface area (Å²) in [4.78, 5) is 10.7. The first-order valence-electron chi connectivity index (χ1n) is 4.95. The van der Waals surface area contributed by atoms with E-state index in [4.69, 9.17) is 5.11 Å². The largest absolute Gasteiger partial charge is 0.508 e. The van der Waals surface area contributed by atoms with Crippen LogP contribution >= 0.6 is 0 Å². The van der Waals surface area contributed by atoms with E-state index < -0.39 is 12.0 Å². The average Bonchev–Trinajstić information content (AvgIpc) is 2.67. The summed E-state index contributed by atoms with van der Waals surface area (Å²) in [5, 5.41) is 21.4. The van der Waals surface area contributed by atoms with Crippen LogP contribution in [0.1, 0.15) is 24.4 Å². The molecule has 0 aromatic heterocycles. The van der Waals surface area contributed by atoms with Gasteiger partial charge in [0.1, 0.15) is 11.8 Å². The molecule has 16 heavy (non-hydrogen) atoms. The Bertz CT molecular complexity index is 383. The van der Waals surface area contributed by atoms with E-state index >= 15 is 0 Å². The fourth-order valence-corrected chi connectivity index (χ4v) is 1.97. The number of aliphatic carboxylic acids is 1. The van der Waals surface area contributed by atoms with Crippen LogP contribution in [0.25, 0.3) is 0 Å². The summed E-state index contributed by atoms with van der Waals surface area (Å²) < 4.78 is 0. The zero-order chi connectivity index (χ0) is 10.8. The number of carbonyl (C=O) groups is 1. The van der Waals surface area contributed by atoms with E-state index in [-0.39, 0.29) is 41.3 Å². The van der Waals surface area contributed by atoms with Gasteiger partial charge in [-0.3, -0.25) is 10.1 Å². The standard InChI is InChI=1S/C11H13NO3.Na/c13-10-4-2-1-3-7(10)8-5-6-9(12-8)11(14)15;/h1-4,8-9,12-13H,5-6H2,(H,14,15);/t8-,9+;/m0./s1. The van der Waals surface area contributed by atoms with Crippen molar-refractivity contribution in [3.63, 3.8) is 0 Å². The molecule has 1 heterocycles. The maximum Gasteiger partial charge on any atom is 0.320 e. The predicted molar refractivity (Wildman–Crippen MR) is 60.4 cm³/mol. The van der Waals surface area contributed by atoms with E-state index in [0.29, 0.717) is 6.42 Å². The second-order valence-corrected chi connectivity index (χ2v) is 3.75. The number of aromatic hydroxyl groups is 1. The summed E-state index contributed by atoms with van der Waals surface area (Å²) in [5.74, 6) is -0.603. The number of hydrogen-bond acceptors (Lipinski definition) is 3. The molecule has 0 bridgehead atoms. The molecule has 1 saturated heterocycles. The van der Waals surface area contributed by atoms with Gasteiger partial charge in [0.2, 0.25) is 0 Å². The van der Waals surface area contributed by atoms with Crippen molar-refractivity contribution in [1.82, 2.24) is 5.32 Å². The number of rotatable bonds is 2. The number of phenols is 1. The number of carboxylic acids is 1. The molecule has 1 aromatic rings. The topological polar surface area (TPSA) is 69.6 Å². The SMILES string of the molecule is O=C(O)[C@H]1CC[C@@H](c2ccccc2O)N1.[Na]. The molecule has 3 N–H and O–H groups in total. The van der Waals surface area contributed by atoms with Crippen molar-refractivity contribution >= 4 is 35.5 Å². The van der Waals surface area contributed by atoms with Crippen molar-refractivity contribution in [1.29, 1.82) is 0 Å². The van der Waals surface area contributed by atoms with E-state index in [2.05, 4.69) is 5.32 Å². The summed E-state index contributed by atoms with van der Waals surface area (Å²) in [5.41, 5.74) is 0.779. The van der Waals surface area contributed by atoms with Crippen LogP contribution in [0.5, 0.6) is 5.75 Å². The summed E-state index contributed by atoms with van der Waals surface area (Å²) in [7, 11) is 0.